The van der Waals surface area contributed by atoms with Crippen molar-refractivity contribution in [2.45, 2.75) is 31.8 Å². The minimum Gasteiger partial charge on any atom is -0.394 e. The van der Waals surface area contributed by atoms with Crippen LogP contribution in [0.3, 0.4) is 0 Å². The van der Waals surface area contributed by atoms with Gasteiger partial charge in [0.2, 0.25) is 0 Å². The number of hydrogen-bond acceptors (Lipinski definition) is 3. The molecule has 1 saturated carbocycles. The molecule has 0 aromatic carbocycles. The molecule has 1 aromatic rings. The molecule has 1 aliphatic rings. The first-order valence-corrected chi connectivity index (χ1v) is 5.60. The molecule has 2 N–H and O–H groups in total. The molecule has 1 unspecified atom stereocenters. The molecule has 0 aliphatic heterocycles. The lowest BCUT2D eigenvalue weighted by molar-refractivity contribution is 0.245. The minimum absolute atomic E-state index is 0.160. The highest BCUT2D eigenvalue weighted by Crippen LogP contribution is 2.28. The fourth-order valence-corrected chi connectivity index (χ4v) is 2.47. The van der Waals surface area contributed by atoms with E-state index in [0.29, 0.717) is 6.04 Å². The highest BCUT2D eigenvalue weighted by molar-refractivity contribution is 7.10. The van der Waals surface area contributed by atoms with E-state index in [1.165, 1.54) is 23.3 Å². The van der Waals surface area contributed by atoms with E-state index < -0.39 is 0 Å². The van der Waals surface area contributed by atoms with E-state index in [1.54, 1.807) is 11.3 Å². The van der Waals surface area contributed by atoms with Crippen LogP contribution in [0, 0.1) is 6.92 Å². The van der Waals surface area contributed by atoms with Crippen molar-refractivity contribution < 1.29 is 5.11 Å². The van der Waals surface area contributed by atoms with Crippen molar-refractivity contribution in [1.29, 1.82) is 0 Å². The molecular formula is C10H15NOS. The van der Waals surface area contributed by atoms with Crippen molar-refractivity contribution in [2.24, 2.45) is 0 Å². The molecule has 1 aliphatic carbocycles. The Morgan fingerprint density at radius 1 is 1.69 bits per heavy atom. The largest absolute Gasteiger partial charge is 0.394 e. The average Bonchev–Trinajstić information content (AvgIpc) is 2.85. The molecule has 0 spiro atoms. The van der Waals surface area contributed by atoms with E-state index in [0.717, 1.165) is 0 Å². The maximum absolute atomic E-state index is 9.24. The SMILES string of the molecule is Cc1ccsc1C(CO)NC1CC1. The molecule has 0 radical (unpaired) electrons. The maximum atomic E-state index is 9.24. The summed E-state index contributed by atoms with van der Waals surface area (Å²) in [5.41, 5.74) is 1.29. The van der Waals surface area contributed by atoms with E-state index in [1.807, 2.05) is 0 Å². The second-order valence-corrected chi connectivity index (χ2v) is 4.59. The summed E-state index contributed by atoms with van der Waals surface area (Å²) >= 11 is 1.73. The van der Waals surface area contributed by atoms with Gasteiger partial charge in [-0.25, -0.2) is 0 Å². The van der Waals surface area contributed by atoms with Crippen molar-refractivity contribution in [1.82, 2.24) is 5.32 Å². The molecule has 0 bridgehead atoms. The van der Waals surface area contributed by atoms with Crippen molar-refractivity contribution in [3.05, 3.63) is 21.9 Å². The van der Waals surface area contributed by atoms with Crippen LogP contribution in [0.25, 0.3) is 0 Å². The Kier molecular flexibility index (Phi) is 2.67. The number of rotatable bonds is 4. The Balaban J connectivity index is 2.06. The van der Waals surface area contributed by atoms with Gasteiger partial charge in [0.1, 0.15) is 0 Å². The molecule has 3 heteroatoms. The van der Waals surface area contributed by atoms with Crippen molar-refractivity contribution in [3.63, 3.8) is 0 Å². The fourth-order valence-electron chi connectivity index (χ4n) is 1.49. The summed E-state index contributed by atoms with van der Waals surface area (Å²) < 4.78 is 0. The van der Waals surface area contributed by atoms with Gasteiger partial charge >= 0.3 is 0 Å². The second kappa shape index (κ2) is 3.78. The van der Waals surface area contributed by atoms with Crippen LogP contribution in [0.4, 0.5) is 0 Å². The van der Waals surface area contributed by atoms with Crippen LogP contribution in [-0.2, 0) is 0 Å². The van der Waals surface area contributed by atoms with Crippen LogP contribution in [-0.4, -0.2) is 17.8 Å². The lowest BCUT2D eigenvalue weighted by Crippen LogP contribution is -2.25. The monoisotopic (exact) mass is 197 g/mol. The summed E-state index contributed by atoms with van der Waals surface area (Å²) in [6.45, 7) is 2.31. The third-order valence-corrected chi connectivity index (χ3v) is 3.55. The Bertz CT molecular complexity index is 280. The van der Waals surface area contributed by atoms with Crippen LogP contribution in [0.15, 0.2) is 11.4 Å². The molecule has 0 amide bonds. The predicted octanol–water partition coefficient (Wildman–Crippen LogP) is 1.84. The lowest BCUT2D eigenvalue weighted by atomic mass is 10.2. The molecule has 1 aromatic heterocycles. The van der Waals surface area contributed by atoms with Gasteiger partial charge in [-0.2, -0.15) is 0 Å². The Morgan fingerprint density at radius 2 is 2.46 bits per heavy atom. The van der Waals surface area contributed by atoms with Crippen LogP contribution in [0.5, 0.6) is 0 Å². The third-order valence-electron chi connectivity index (χ3n) is 2.42. The number of aliphatic hydroxyl groups is 1. The molecular weight excluding hydrogens is 182 g/mol. The quantitative estimate of drug-likeness (QED) is 0.772. The van der Waals surface area contributed by atoms with Crippen molar-refractivity contribution in [2.75, 3.05) is 6.61 Å². The zero-order chi connectivity index (χ0) is 9.26. The first kappa shape index (κ1) is 9.19. The van der Waals surface area contributed by atoms with Gasteiger partial charge in [0.25, 0.3) is 0 Å². The van der Waals surface area contributed by atoms with Crippen LogP contribution < -0.4 is 5.32 Å². The number of hydrogen-bond donors (Lipinski definition) is 2. The van der Waals surface area contributed by atoms with Gasteiger partial charge in [0.15, 0.2) is 0 Å². The molecule has 1 heterocycles. The normalized spacial score (nSPS) is 18.9. The number of aryl methyl sites for hydroxylation is 1. The standard InChI is InChI=1S/C10H15NOS/c1-7-4-5-13-10(7)9(6-12)11-8-2-3-8/h4-5,8-9,11-12H,2-3,6H2,1H3. The summed E-state index contributed by atoms with van der Waals surface area (Å²) in [6.07, 6.45) is 2.53. The minimum atomic E-state index is 0.160. The van der Waals surface area contributed by atoms with Gasteiger partial charge in [0, 0.05) is 10.9 Å². The van der Waals surface area contributed by atoms with E-state index in [-0.39, 0.29) is 12.6 Å². The molecule has 2 rings (SSSR count). The Morgan fingerprint density at radius 3 is 2.92 bits per heavy atom. The summed E-state index contributed by atoms with van der Waals surface area (Å²) in [4.78, 5) is 1.29. The Hall–Kier alpha value is -0.380. The van der Waals surface area contributed by atoms with Gasteiger partial charge < -0.3 is 10.4 Å². The van der Waals surface area contributed by atoms with Gasteiger partial charge in [-0.1, -0.05) is 0 Å². The fraction of sp³-hybridized carbons (Fsp3) is 0.600. The van der Waals surface area contributed by atoms with E-state index in [4.69, 9.17) is 0 Å². The zero-order valence-electron chi connectivity index (χ0n) is 7.79. The predicted molar refractivity (Wildman–Crippen MR) is 55.0 cm³/mol. The first-order valence-electron chi connectivity index (χ1n) is 4.72. The summed E-state index contributed by atoms with van der Waals surface area (Å²) in [5, 5.41) is 14.8. The summed E-state index contributed by atoms with van der Waals surface area (Å²) in [5.74, 6) is 0. The first-order chi connectivity index (χ1) is 6.31. The summed E-state index contributed by atoms with van der Waals surface area (Å²) in [7, 11) is 0. The van der Waals surface area contributed by atoms with Crippen molar-refractivity contribution in [3.8, 4) is 0 Å². The van der Waals surface area contributed by atoms with Crippen molar-refractivity contribution >= 4 is 11.3 Å². The molecule has 1 fully saturated rings. The van der Waals surface area contributed by atoms with E-state index in [2.05, 4.69) is 23.7 Å². The molecule has 72 valence electrons. The van der Waals surface area contributed by atoms with E-state index >= 15 is 0 Å². The van der Waals surface area contributed by atoms with Crippen LogP contribution in [0.1, 0.15) is 29.3 Å². The molecule has 1 atom stereocenters. The van der Waals surface area contributed by atoms with Gasteiger partial charge in [-0.15, -0.1) is 11.3 Å². The topological polar surface area (TPSA) is 32.3 Å². The molecule has 13 heavy (non-hydrogen) atoms. The van der Waals surface area contributed by atoms with Gasteiger partial charge in [-0.05, 0) is 36.8 Å². The number of aliphatic hydroxyl groups excluding tert-OH is 1. The third kappa shape index (κ3) is 2.10. The highest BCUT2D eigenvalue weighted by Gasteiger charge is 2.25. The average molecular weight is 197 g/mol. The van der Waals surface area contributed by atoms with Crippen LogP contribution >= 0.6 is 11.3 Å². The van der Waals surface area contributed by atoms with Crippen LogP contribution in [0.2, 0.25) is 0 Å². The number of thiophene rings is 1. The van der Waals surface area contributed by atoms with Gasteiger partial charge in [-0.3, -0.25) is 0 Å². The smallest absolute Gasteiger partial charge is 0.0654 e. The molecule has 2 nitrogen and oxygen atoms in total. The summed E-state index contributed by atoms with van der Waals surface area (Å²) in [6, 6.07) is 2.92. The van der Waals surface area contributed by atoms with E-state index in [9.17, 15) is 5.11 Å². The van der Waals surface area contributed by atoms with Gasteiger partial charge in [0.05, 0.1) is 12.6 Å². The highest BCUT2D eigenvalue weighted by atomic mass is 32.1. The zero-order valence-corrected chi connectivity index (χ0v) is 8.60. The molecule has 0 saturated heterocycles. The second-order valence-electron chi connectivity index (χ2n) is 3.64. The maximum Gasteiger partial charge on any atom is 0.0654 e. The Labute approximate surface area is 82.6 Å². The number of nitrogens with one attached hydrogen (secondary N) is 1. The lowest BCUT2D eigenvalue weighted by Gasteiger charge is -2.15.